The van der Waals surface area contributed by atoms with E-state index in [1.165, 1.54) is 23.3 Å². The van der Waals surface area contributed by atoms with Gasteiger partial charge in [0.05, 0.1) is 0 Å². The Balaban J connectivity index is 1.64. The molecule has 2 nitrogen and oxygen atoms in total. The monoisotopic (exact) mass is 315 g/mol. The van der Waals surface area contributed by atoms with E-state index in [4.69, 9.17) is 0 Å². The Hall–Kier alpha value is -1.32. The number of benzene rings is 1. The Kier molecular flexibility index (Phi) is 5.16. The molecule has 1 aromatic carbocycles. The summed E-state index contributed by atoms with van der Waals surface area (Å²) in [5.74, 6) is 0.472. The SMILES string of the molecule is CCC[C@@H](Cc1cccs1)NC1CCc2c(O)cccc2C1. The van der Waals surface area contributed by atoms with Crippen LogP contribution in [0.4, 0.5) is 0 Å². The zero-order valence-corrected chi connectivity index (χ0v) is 14.0. The van der Waals surface area contributed by atoms with Crippen LogP contribution < -0.4 is 5.32 Å². The molecule has 1 aliphatic carbocycles. The summed E-state index contributed by atoms with van der Waals surface area (Å²) in [7, 11) is 0. The molecule has 2 N–H and O–H groups in total. The average Bonchev–Trinajstić information content (AvgIpc) is 3.00. The normalized spacial score (nSPS) is 18.9. The lowest BCUT2D eigenvalue weighted by Crippen LogP contribution is -2.42. The van der Waals surface area contributed by atoms with Crippen LogP contribution in [-0.2, 0) is 19.3 Å². The first-order valence-corrected chi connectivity index (χ1v) is 9.22. The van der Waals surface area contributed by atoms with Gasteiger partial charge in [-0.1, -0.05) is 31.5 Å². The number of fused-ring (bicyclic) bond motifs is 1. The predicted octanol–water partition coefficient (Wildman–Crippen LogP) is 4.31. The van der Waals surface area contributed by atoms with Gasteiger partial charge in [-0.3, -0.25) is 0 Å². The molecule has 2 atom stereocenters. The Morgan fingerprint density at radius 1 is 1.32 bits per heavy atom. The van der Waals surface area contributed by atoms with Crippen LogP contribution in [0.5, 0.6) is 5.75 Å². The lowest BCUT2D eigenvalue weighted by molar-refractivity contribution is 0.370. The van der Waals surface area contributed by atoms with Crippen LogP contribution in [-0.4, -0.2) is 17.2 Å². The van der Waals surface area contributed by atoms with Crippen LogP contribution in [0.1, 0.15) is 42.2 Å². The molecule has 118 valence electrons. The smallest absolute Gasteiger partial charge is 0.119 e. The molecule has 0 saturated heterocycles. The van der Waals surface area contributed by atoms with Crippen molar-refractivity contribution in [2.45, 2.75) is 57.5 Å². The highest BCUT2D eigenvalue weighted by molar-refractivity contribution is 7.09. The molecule has 0 fully saturated rings. The third kappa shape index (κ3) is 3.71. The van der Waals surface area contributed by atoms with Gasteiger partial charge in [-0.25, -0.2) is 0 Å². The van der Waals surface area contributed by atoms with Crippen molar-refractivity contribution in [1.29, 1.82) is 0 Å². The molecular formula is C19H25NOS. The largest absolute Gasteiger partial charge is 0.508 e. The molecular weight excluding hydrogens is 290 g/mol. The van der Waals surface area contributed by atoms with Gasteiger partial charge in [0, 0.05) is 17.0 Å². The van der Waals surface area contributed by atoms with Crippen molar-refractivity contribution in [3.8, 4) is 5.75 Å². The van der Waals surface area contributed by atoms with Crippen molar-refractivity contribution in [2.75, 3.05) is 0 Å². The highest BCUT2D eigenvalue weighted by atomic mass is 32.1. The molecule has 1 aliphatic rings. The second-order valence-corrected chi connectivity index (χ2v) is 7.32. The summed E-state index contributed by atoms with van der Waals surface area (Å²) in [5.41, 5.74) is 2.47. The van der Waals surface area contributed by atoms with E-state index in [1.807, 2.05) is 23.5 Å². The number of phenolic OH excluding ortho intramolecular Hbond substituents is 1. The molecule has 0 aliphatic heterocycles. The first-order valence-electron chi connectivity index (χ1n) is 8.34. The lowest BCUT2D eigenvalue weighted by atomic mass is 9.87. The van der Waals surface area contributed by atoms with Crippen molar-refractivity contribution >= 4 is 11.3 Å². The molecule has 3 rings (SSSR count). The molecule has 0 radical (unpaired) electrons. The standard InChI is InChI=1S/C19H25NOS/c1-2-5-15(13-17-7-4-11-22-17)20-16-9-10-18-14(12-16)6-3-8-19(18)21/h3-4,6-8,11,15-16,20-21H,2,5,9-10,12-13H2,1H3/t15-,16?/m0/s1. The summed E-state index contributed by atoms with van der Waals surface area (Å²) in [6.45, 7) is 2.26. The van der Waals surface area contributed by atoms with Gasteiger partial charge in [-0.15, -0.1) is 11.3 Å². The zero-order valence-electron chi connectivity index (χ0n) is 13.2. The summed E-state index contributed by atoms with van der Waals surface area (Å²) in [6, 6.07) is 11.4. The number of aromatic hydroxyl groups is 1. The summed E-state index contributed by atoms with van der Waals surface area (Å²) in [6.07, 6.45) is 6.71. The summed E-state index contributed by atoms with van der Waals surface area (Å²) in [5, 5.41) is 16.0. The van der Waals surface area contributed by atoms with Gasteiger partial charge >= 0.3 is 0 Å². The van der Waals surface area contributed by atoms with Gasteiger partial charge in [0.1, 0.15) is 5.75 Å². The van der Waals surface area contributed by atoms with Crippen LogP contribution in [0.3, 0.4) is 0 Å². The number of nitrogens with one attached hydrogen (secondary N) is 1. The van der Waals surface area contributed by atoms with E-state index in [9.17, 15) is 5.11 Å². The third-order valence-corrected chi connectivity index (χ3v) is 5.49. The van der Waals surface area contributed by atoms with E-state index in [-0.39, 0.29) is 0 Å². The molecule has 22 heavy (non-hydrogen) atoms. The van der Waals surface area contributed by atoms with Gasteiger partial charge in [-0.2, -0.15) is 0 Å². The number of thiophene rings is 1. The number of hydrogen-bond donors (Lipinski definition) is 2. The Morgan fingerprint density at radius 2 is 2.23 bits per heavy atom. The molecule has 0 bridgehead atoms. The fourth-order valence-corrected chi connectivity index (χ4v) is 4.31. The van der Waals surface area contributed by atoms with Crippen LogP contribution in [0.2, 0.25) is 0 Å². The minimum Gasteiger partial charge on any atom is -0.508 e. The van der Waals surface area contributed by atoms with Crippen molar-refractivity contribution in [3.63, 3.8) is 0 Å². The minimum absolute atomic E-state index is 0.472. The fourth-order valence-electron chi connectivity index (χ4n) is 3.53. The predicted molar refractivity (Wildman–Crippen MR) is 93.8 cm³/mol. The maximum atomic E-state index is 9.96. The quantitative estimate of drug-likeness (QED) is 0.832. The summed E-state index contributed by atoms with van der Waals surface area (Å²) in [4.78, 5) is 1.47. The topological polar surface area (TPSA) is 32.3 Å². The van der Waals surface area contributed by atoms with E-state index in [0.29, 0.717) is 17.8 Å². The first kappa shape index (κ1) is 15.6. The van der Waals surface area contributed by atoms with Crippen molar-refractivity contribution in [3.05, 3.63) is 51.7 Å². The summed E-state index contributed by atoms with van der Waals surface area (Å²) >= 11 is 1.86. The number of hydrogen-bond acceptors (Lipinski definition) is 3. The average molecular weight is 315 g/mol. The van der Waals surface area contributed by atoms with Gasteiger partial charge in [0.25, 0.3) is 0 Å². The van der Waals surface area contributed by atoms with E-state index in [1.54, 1.807) is 0 Å². The van der Waals surface area contributed by atoms with E-state index < -0.39 is 0 Å². The lowest BCUT2D eigenvalue weighted by Gasteiger charge is -2.30. The second-order valence-electron chi connectivity index (χ2n) is 6.29. The highest BCUT2D eigenvalue weighted by Crippen LogP contribution is 2.29. The Bertz CT molecular complexity index is 593. The highest BCUT2D eigenvalue weighted by Gasteiger charge is 2.22. The van der Waals surface area contributed by atoms with E-state index >= 15 is 0 Å². The maximum Gasteiger partial charge on any atom is 0.119 e. The van der Waals surface area contributed by atoms with Crippen molar-refractivity contribution < 1.29 is 5.11 Å². The molecule has 1 heterocycles. The molecule has 1 unspecified atom stereocenters. The molecule has 0 spiro atoms. The second kappa shape index (κ2) is 7.30. The molecule has 1 aromatic heterocycles. The minimum atomic E-state index is 0.472. The van der Waals surface area contributed by atoms with Crippen molar-refractivity contribution in [2.24, 2.45) is 0 Å². The van der Waals surface area contributed by atoms with Gasteiger partial charge in [0.15, 0.2) is 0 Å². The maximum absolute atomic E-state index is 9.96. The molecule has 0 amide bonds. The molecule has 3 heteroatoms. The van der Waals surface area contributed by atoms with Gasteiger partial charge < -0.3 is 10.4 Å². The van der Waals surface area contributed by atoms with Crippen LogP contribution in [0, 0.1) is 0 Å². The Morgan fingerprint density at radius 3 is 3.00 bits per heavy atom. The Labute approximate surface area is 137 Å². The molecule has 0 saturated carbocycles. The van der Waals surface area contributed by atoms with Crippen molar-refractivity contribution in [1.82, 2.24) is 5.32 Å². The van der Waals surface area contributed by atoms with Crippen LogP contribution in [0.25, 0.3) is 0 Å². The summed E-state index contributed by atoms with van der Waals surface area (Å²) < 4.78 is 0. The first-order chi connectivity index (χ1) is 10.8. The number of phenols is 1. The zero-order chi connectivity index (χ0) is 15.4. The number of rotatable bonds is 6. The fraction of sp³-hybridized carbons (Fsp3) is 0.474. The van der Waals surface area contributed by atoms with Crippen LogP contribution in [0.15, 0.2) is 35.7 Å². The third-order valence-electron chi connectivity index (χ3n) is 4.59. The van der Waals surface area contributed by atoms with E-state index in [2.05, 4.69) is 35.8 Å². The van der Waals surface area contributed by atoms with E-state index in [0.717, 1.165) is 31.2 Å². The van der Waals surface area contributed by atoms with Gasteiger partial charge in [-0.05, 0) is 60.7 Å². The molecule has 2 aromatic rings. The van der Waals surface area contributed by atoms with Crippen LogP contribution >= 0.6 is 11.3 Å². The van der Waals surface area contributed by atoms with Gasteiger partial charge in [0.2, 0.25) is 0 Å².